The molecular formula is C39H35N2O8P. The summed E-state index contributed by atoms with van der Waals surface area (Å²) >= 11 is 0. The second-order valence-corrected chi connectivity index (χ2v) is 16.0. The average molecular weight is 691 g/mol. The summed E-state index contributed by atoms with van der Waals surface area (Å²) in [6.07, 6.45) is -0.803. The van der Waals surface area contributed by atoms with Crippen molar-refractivity contribution in [1.29, 1.82) is 0 Å². The van der Waals surface area contributed by atoms with E-state index in [0.717, 1.165) is 20.8 Å². The predicted octanol–water partition coefficient (Wildman–Crippen LogP) is 5.66. The van der Waals surface area contributed by atoms with Gasteiger partial charge in [-0.25, -0.2) is 0 Å². The van der Waals surface area contributed by atoms with E-state index in [1.54, 1.807) is 30.3 Å². The Bertz CT molecular complexity index is 1900. The summed E-state index contributed by atoms with van der Waals surface area (Å²) in [7, 11) is -1.58. The van der Waals surface area contributed by atoms with Gasteiger partial charge in [-0.2, -0.15) is 0 Å². The summed E-state index contributed by atoms with van der Waals surface area (Å²) in [5.41, 5.74) is 0.278. The number of nitro groups is 1. The number of methoxy groups -OCH3 is 1. The van der Waals surface area contributed by atoms with Gasteiger partial charge in [0.1, 0.15) is 0 Å². The van der Waals surface area contributed by atoms with Crippen molar-refractivity contribution in [3.05, 3.63) is 161 Å². The summed E-state index contributed by atoms with van der Waals surface area (Å²) in [6, 6.07) is 40.9. The van der Waals surface area contributed by atoms with Gasteiger partial charge in [-0.05, 0) is 0 Å². The van der Waals surface area contributed by atoms with Crippen LogP contribution in [0.15, 0.2) is 140 Å². The number of β-lactam (4-membered cyclic amide) rings is 1. The molecule has 254 valence electrons. The van der Waals surface area contributed by atoms with Gasteiger partial charge >= 0.3 is 290 Å². The molecule has 1 fully saturated rings. The first-order valence-corrected chi connectivity index (χ1v) is 18.2. The Morgan fingerprint density at radius 3 is 1.78 bits per heavy atom. The summed E-state index contributed by atoms with van der Waals surface area (Å²) < 4.78 is 10.8. The quantitative estimate of drug-likeness (QED) is 0.0767. The molecule has 1 heterocycles. The van der Waals surface area contributed by atoms with Crippen LogP contribution in [0.5, 0.6) is 5.75 Å². The van der Waals surface area contributed by atoms with E-state index in [4.69, 9.17) is 9.47 Å². The number of likely N-dealkylation sites (tertiary alicyclic amines) is 1. The summed E-state index contributed by atoms with van der Waals surface area (Å²) in [4.78, 5) is 53.2. The number of aliphatic carboxylic acids is 1. The average Bonchev–Trinajstić information content (AvgIpc) is 3.15. The number of hydrogen-bond acceptors (Lipinski definition) is 7. The van der Waals surface area contributed by atoms with Crippen LogP contribution in [0.3, 0.4) is 0 Å². The normalized spacial score (nSPS) is 16.5. The molecule has 0 spiro atoms. The number of nitrogens with zero attached hydrogens (tertiary/aromatic N) is 2. The first-order chi connectivity index (χ1) is 24.3. The number of carboxylic acid groups (broad SMARTS) is 1. The van der Waals surface area contributed by atoms with Crippen LogP contribution in [-0.4, -0.2) is 52.2 Å². The minimum atomic E-state index is -3.08. The fourth-order valence-electron chi connectivity index (χ4n) is 7.04. The molecule has 1 aliphatic rings. The fraction of sp³-hybridized carbons (Fsp3) is 0.154. The van der Waals surface area contributed by atoms with Crippen molar-refractivity contribution >= 4 is 46.8 Å². The number of para-hydroxylation sites is 1. The van der Waals surface area contributed by atoms with Crippen LogP contribution in [0, 0.1) is 16.0 Å². The molecule has 2 amide bonds. The van der Waals surface area contributed by atoms with Gasteiger partial charge in [0.15, 0.2) is 0 Å². The van der Waals surface area contributed by atoms with Gasteiger partial charge in [0.05, 0.1) is 0 Å². The third kappa shape index (κ3) is 6.45. The molecule has 0 radical (unpaired) electrons. The third-order valence-corrected chi connectivity index (χ3v) is 14.4. The van der Waals surface area contributed by atoms with E-state index in [1.807, 2.05) is 91.0 Å². The molecule has 0 saturated carbocycles. The Labute approximate surface area is 289 Å². The number of imide groups is 1. The molecule has 5 aromatic carbocycles. The summed E-state index contributed by atoms with van der Waals surface area (Å²) in [5.74, 6) is -3.48. The van der Waals surface area contributed by atoms with E-state index in [1.165, 1.54) is 25.3 Å². The fourth-order valence-corrected chi connectivity index (χ4v) is 12.1. The van der Waals surface area contributed by atoms with Crippen molar-refractivity contribution in [2.45, 2.75) is 18.6 Å². The molecule has 0 bridgehead atoms. The van der Waals surface area contributed by atoms with E-state index >= 15 is 0 Å². The van der Waals surface area contributed by atoms with E-state index in [2.05, 4.69) is 0 Å². The molecule has 6 rings (SSSR count). The SMILES string of the molecule is COc1ccc(C(C(=O)O)C2C(C[PH](c3ccccc3)(c3ccccc3)c3ccccc3)C(=O)N2C(=O)OCc2ccccc2[N+](=O)[O-])cc1. The van der Waals surface area contributed by atoms with E-state index in [9.17, 15) is 29.6 Å². The summed E-state index contributed by atoms with van der Waals surface area (Å²) in [6.45, 7) is -0.478. The van der Waals surface area contributed by atoms with Crippen LogP contribution in [0.4, 0.5) is 10.5 Å². The Morgan fingerprint density at radius 1 is 0.800 bits per heavy atom. The number of amides is 2. The van der Waals surface area contributed by atoms with Crippen LogP contribution in [0.2, 0.25) is 0 Å². The van der Waals surface area contributed by atoms with Gasteiger partial charge in [-0.3, -0.25) is 0 Å². The molecule has 0 aromatic heterocycles. The van der Waals surface area contributed by atoms with Gasteiger partial charge in [0.2, 0.25) is 0 Å². The molecule has 3 atom stereocenters. The Balaban J connectivity index is 1.46. The molecule has 50 heavy (non-hydrogen) atoms. The van der Waals surface area contributed by atoms with Gasteiger partial charge < -0.3 is 0 Å². The maximum atomic E-state index is 14.4. The zero-order valence-corrected chi connectivity index (χ0v) is 28.1. The Morgan fingerprint density at radius 2 is 1.30 bits per heavy atom. The van der Waals surface area contributed by atoms with Crippen molar-refractivity contribution in [2.24, 2.45) is 5.92 Å². The molecule has 1 aliphatic heterocycles. The van der Waals surface area contributed by atoms with E-state index in [0.29, 0.717) is 11.3 Å². The molecular weight excluding hydrogens is 655 g/mol. The number of carbonyl (C=O) groups excluding carboxylic acids is 2. The van der Waals surface area contributed by atoms with Crippen LogP contribution in [-0.2, 0) is 20.9 Å². The molecule has 11 heteroatoms. The van der Waals surface area contributed by atoms with E-state index < -0.39 is 54.6 Å². The van der Waals surface area contributed by atoms with Crippen LogP contribution in [0.1, 0.15) is 17.0 Å². The number of ether oxygens (including phenoxy) is 2. The Hall–Kier alpha value is -5.86. The molecule has 10 nitrogen and oxygen atoms in total. The summed E-state index contributed by atoms with van der Waals surface area (Å²) in [5, 5.41) is 25.4. The molecule has 0 aliphatic carbocycles. The predicted molar refractivity (Wildman–Crippen MR) is 192 cm³/mol. The van der Waals surface area contributed by atoms with Crippen LogP contribution in [0.25, 0.3) is 0 Å². The van der Waals surface area contributed by atoms with Crippen molar-refractivity contribution in [3.63, 3.8) is 0 Å². The standard InChI is InChI=1S/C39H35N2O8P/c1-48-29-23-21-27(22-24-29)35(38(43)44)36-33(37(42)40(36)39(45)49-25-28-13-11-12-20-34(28)41(46)47)26-50(30-14-5-2-6-15-30,31-16-7-3-8-17-31)32-18-9-4-10-19-32/h2-24,33,35-36,50H,25-26H2,1H3,(H,43,44). The van der Waals surface area contributed by atoms with Gasteiger partial charge in [0.25, 0.3) is 0 Å². The molecule has 1 saturated heterocycles. The number of benzene rings is 5. The van der Waals surface area contributed by atoms with Crippen molar-refractivity contribution < 1.29 is 33.9 Å². The van der Waals surface area contributed by atoms with Gasteiger partial charge in [0, 0.05) is 0 Å². The number of carboxylic acids is 1. The third-order valence-electron chi connectivity index (χ3n) is 9.41. The number of nitro benzene ring substituents is 1. The maximum absolute atomic E-state index is 14.4. The second kappa shape index (κ2) is 14.7. The molecule has 1 N–H and O–H groups in total. The zero-order valence-electron chi connectivity index (χ0n) is 27.1. The topological polar surface area (TPSA) is 136 Å². The number of rotatable bonds is 12. The van der Waals surface area contributed by atoms with Gasteiger partial charge in [-0.15, -0.1) is 0 Å². The first kappa shape index (κ1) is 34.0. The van der Waals surface area contributed by atoms with Crippen LogP contribution < -0.4 is 20.7 Å². The van der Waals surface area contributed by atoms with Crippen LogP contribution >= 0.6 is 7.26 Å². The van der Waals surface area contributed by atoms with Gasteiger partial charge in [-0.1, -0.05) is 0 Å². The molecule has 3 unspecified atom stereocenters. The van der Waals surface area contributed by atoms with Crippen molar-refractivity contribution in [3.8, 4) is 5.75 Å². The second-order valence-electron chi connectivity index (χ2n) is 12.0. The molecule has 5 aromatic rings. The first-order valence-electron chi connectivity index (χ1n) is 16.0. The monoisotopic (exact) mass is 690 g/mol. The number of carbonyl (C=O) groups is 3. The van der Waals surface area contributed by atoms with Crippen molar-refractivity contribution in [2.75, 3.05) is 13.3 Å². The number of hydrogen-bond donors (Lipinski definition) is 1. The van der Waals surface area contributed by atoms with Crippen molar-refractivity contribution in [1.82, 2.24) is 4.90 Å². The zero-order chi connectivity index (χ0) is 35.3. The Kier molecular flexibility index (Phi) is 10.0. The minimum absolute atomic E-state index is 0.139. The van der Waals surface area contributed by atoms with E-state index in [-0.39, 0.29) is 17.4 Å².